The highest BCUT2D eigenvalue weighted by atomic mass is 31.2. The first-order valence-corrected chi connectivity index (χ1v) is 5.59. The summed E-state index contributed by atoms with van der Waals surface area (Å²) in [6.45, 7) is -0.964. The molecular weight excluding hydrogens is 311 g/mol. The number of hydrogen-bond donors (Lipinski definition) is 6. The van der Waals surface area contributed by atoms with Crippen LogP contribution in [0.2, 0.25) is 0 Å². The number of hydrogen-bond acceptors (Lipinski definition) is 7. The van der Waals surface area contributed by atoms with Crippen LogP contribution in [-0.4, -0.2) is 89.4 Å². The highest BCUT2D eigenvalue weighted by Crippen LogP contribution is 2.35. The molecule has 14 N–H and O–H groups in total. The monoisotopic (exact) mass is 332 g/mol. The zero-order valence-electron chi connectivity index (χ0n) is 9.95. The minimum absolute atomic E-state index is 0. The lowest BCUT2D eigenvalue weighted by molar-refractivity contribution is -0.136. The predicted molar refractivity (Wildman–Crippen MR) is 62.5 cm³/mol. The Kier molecular flexibility index (Phi) is 21.3. The van der Waals surface area contributed by atoms with E-state index in [1.807, 2.05) is 0 Å². The van der Waals surface area contributed by atoms with Crippen LogP contribution < -0.4 is 0 Å². The van der Waals surface area contributed by atoms with Gasteiger partial charge < -0.3 is 56.9 Å². The SMILES string of the molecule is O.O.O.O.O=C[C@H](O)[C@@H](O)[C@H](O)[C@H](O)COP(=O)(O)O. The zero-order valence-corrected chi connectivity index (χ0v) is 10.8. The average molecular weight is 332 g/mol. The summed E-state index contributed by atoms with van der Waals surface area (Å²) in [5.41, 5.74) is 0. The lowest BCUT2D eigenvalue weighted by Crippen LogP contribution is -2.46. The molecule has 14 heteroatoms. The molecule has 0 aliphatic rings. The van der Waals surface area contributed by atoms with E-state index in [0.717, 1.165) is 0 Å². The largest absolute Gasteiger partial charge is 0.469 e. The maximum absolute atomic E-state index is 10.2. The summed E-state index contributed by atoms with van der Waals surface area (Å²) in [6.07, 6.45) is -7.80. The second-order valence-corrected chi connectivity index (χ2v) is 4.20. The van der Waals surface area contributed by atoms with Crippen LogP contribution in [0.15, 0.2) is 0 Å². The van der Waals surface area contributed by atoms with E-state index >= 15 is 0 Å². The van der Waals surface area contributed by atoms with Crippen molar-refractivity contribution in [1.29, 1.82) is 0 Å². The smallest absolute Gasteiger partial charge is 0.412 e. The summed E-state index contributed by atoms with van der Waals surface area (Å²) in [4.78, 5) is 26.6. The number of aldehydes is 1. The molecule has 0 bridgehead atoms. The van der Waals surface area contributed by atoms with Gasteiger partial charge in [0.1, 0.15) is 24.4 Å². The summed E-state index contributed by atoms with van der Waals surface area (Å²) in [5, 5.41) is 36.1. The van der Waals surface area contributed by atoms with Crippen LogP contribution in [0.25, 0.3) is 0 Å². The van der Waals surface area contributed by atoms with Gasteiger partial charge in [-0.3, -0.25) is 4.52 Å². The van der Waals surface area contributed by atoms with Crippen molar-refractivity contribution in [2.24, 2.45) is 0 Å². The molecule has 0 aromatic heterocycles. The molecule has 0 heterocycles. The van der Waals surface area contributed by atoms with Gasteiger partial charge in [0.2, 0.25) is 0 Å². The first-order chi connectivity index (χ1) is 7.19. The van der Waals surface area contributed by atoms with Gasteiger partial charge >= 0.3 is 7.82 Å². The molecule has 0 saturated carbocycles. The Hall–Kier alpha value is -0.540. The van der Waals surface area contributed by atoms with E-state index in [4.69, 9.17) is 30.2 Å². The van der Waals surface area contributed by atoms with E-state index in [2.05, 4.69) is 4.52 Å². The zero-order chi connectivity index (χ0) is 12.9. The van der Waals surface area contributed by atoms with E-state index in [0.29, 0.717) is 0 Å². The van der Waals surface area contributed by atoms with Crippen LogP contribution in [0.4, 0.5) is 0 Å². The molecule has 0 aliphatic carbocycles. The summed E-state index contributed by atoms with van der Waals surface area (Å²) in [7, 11) is -4.80. The van der Waals surface area contributed by atoms with E-state index in [9.17, 15) is 9.36 Å². The maximum Gasteiger partial charge on any atom is 0.469 e. The molecular formula is C6H21O13P. The number of carbonyl (C=O) groups excluding carboxylic acids is 1. The molecule has 0 radical (unpaired) electrons. The number of carbonyl (C=O) groups is 1. The normalized spacial score (nSPS) is 15.9. The molecule has 0 spiro atoms. The van der Waals surface area contributed by atoms with Crippen LogP contribution in [0.5, 0.6) is 0 Å². The van der Waals surface area contributed by atoms with Gasteiger partial charge in [-0.15, -0.1) is 0 Å². The molecule has 0 rings (SSSR count). The van der Waals surface area contributed by atoms with Crippen LogP contribution in [0, 0.1) is 0 Å². The molecule has 13 nitrogen and oxygen atoms in total. The van der Waals surface area contributed by atoms with Crippen LogP contribution in [0.3, 0.4) is 0 Å². The van der Waals surface area contributed by atoms with Gasteiger partial charge in [0.05, 0.1) is 6.61 Å². The van der Waals surface area contributed by atoms with Crippen molar-refractivity contribution < 1.29 is 66.0 Å². The average Bonchev–Trinajstić information content (AvgIpc) is 2.21. The fraction of sp³-hybridized carbons (Fsp3) is 0.833. The van der Waals surface area contributed by atoms with E-state index in [1.54, 1.807) is 0 Å². The van der Waals surface area contributed by atoms with Crippen LogP contribution in [0.1, 0.15) is 0 Å². The Morgan fingerprint density at radius 3 is 1.65 bits per heavy atom. The number of phosphoric acid groups is 1. The van der Waals surface area contributed by atoms with Crippen LogP contribution >= 0.6 is 7.82 Å². The Morgan fingerprint density at radius 1 is 0.950 bits per heavy atom. The first-order valence-electron chi connectivity index (χ1n) is 4.06. The molecule has 128 valence electrons. The van der Waals surface area contributed by atoms with Gasteiger partial charge in [0, 0.05) is 0 Å². The molecule has 0 aliphatic heterocycles. The Bertz CT molecular complexity index is 266. The molecule has 0 aromatic rings. The lowest BCUT2D eigenvalue weighted by atomic mass is 10.0. The summed E-state index contributed by atoms with van der Waals surface area (Å²) < 4.78 is 14.1. The van der Waals surface area contributed by atoms with Crippen molar-refractivity contribution in [3.63, 3.8) is 0 Å². The number of aliphatic hydroxyl groups excluding tert-OH is 4. The second kappa shape index (κ2) is 13.4. The topological polar surface area (TPSA) is 291 Å². The minimum Gasteiger partial charge on any atom is -0.412 e. The van der Waals surface area contributed by atoms with Gasteiger partial charge in [0.25, 0.3) is 0 Å². The lowest BCUT2D eigenvalue weighted by Gasteiger charge is -2.23. The van der Waals surface area contributed by atoms with Gasteiger partial charge in [-0.05, 0) is 0 Å². The standard InChI is InChI=1S/C6H13O9P.4H2O/c7-1-3(8)5(10)6(11)4(9)2-15-16(12,13)14;;;;/h1,3-6,8-11H,2H2,(H2,12,13,14);4*1H2/t3-,4+,5+,6+;;;;/m0..../s1. The van der Waals surface area contributed by atoms with Crippen molar-refractivity contribution in [3.8, 4) is 0 Å². The maximum atomic E-state index is 10.2. The van der Waals surface area contributed by atoms with Crippen LogP contribution in [-0.2, 0) is 13.9 Å². The van der Waals surface area contributed by atoms with E-state index in [-0.39, 0.29) is 28.2 Å². The van der Waals surface area contributed by atoms with E-state index < -0.39 is 38.8 Å². The second-order valence-electron chi connectivity index (χ2n) is 2.96. The third-order valence-corrected chi connectivity index (χ3v) is 2.13. The fourth-order valence-electron chi connectivity index (χ4n) is 0.782. The Balaban J connectivity index is -0.000000187. The molecule has 0 unspecified atom stereocenters. The number of aliphatic hydroxyl groups is 4. The van der Waals surface area contributed by atoms with Crippen molar-refractivity contribution in [2.75, 3.05) is 6.61 Å². The molecule has 20 heavy (non-hydrogen) atoms. The van der Waals surface area contributed by atoms with Crippen molar-refractivity contribution in [1.82, 2.24) is 0 Å². The Morgan fingerprint density at radius 2 is 1.35 bits per heavy atom. The molecule has 0 saturated heterocycles. The first kappa shape index (κ1) is 31.7. The third kappa shape index (κ3) is 12.5. The van der Waals surface area contributed by atoms with Crippen molar-refractivity contribution in [2.45, 2.75) is 24.4 Å². The summed E-state index contributed by atoms with van der Waals surface area (Å²) in [5.74, 6) is 0. The molecule has 0 amide bonds. The van der Waals surface area contributed by atoms with Crippen molar-refractivity contribution in [3.05, 3.63) is 0 Å². The quantitative estimate of drug-likeness (QED) is 0.190. The van der Waals surface area contributed by atoms with Gasteiger partial charge in [-0.25, -0.2) is 4.57 Å². The number of rotatable bonds is 7. The predicted octanol–water partition coefficient (Wildman–Crippen LogP) is -6.56. The minimum atomic E-state index is -4.80. The Labute approximate surface area is 112 Å². The van der Waals surface area contributed by atoms with Gasteiger partial charge in [0.15, 0.2) is 6.29 Å². The summed E-state index contributed by atoms with van der Waals surface area (Å²) >= 11 is 0. The van der Waals surface area contributed by atoms with E-state index in [1.165, 1.54) is 0 Å². The highest BCUT2D eigenvalue weighted by Gasteiger charge is 2.31. The summed E-state index contributed by atoms with van der Waals surface area (Å²) in [6, 6.07) is 0. The fourth-order valence-corrected chi connectivity index (χ4v) is 1.13. The van der Waals surface area contributed by atoms with Gasteiger partial charge in [-0.2, -0.15) is 0 Å². The third-order valence-electron chi connectivity index (χ3n) is 1.65. The number of phosphoric ester groups is 1. The van der Waals surface area contributed by atoms with Crippen molar-refractivity contribution >= 4 is 14.1 Å². The molecule has 0 aromatic carbocycles. The highest BCUT2D eigenvalue weighted by molar-refractivity contribution is 7.46. The molecule has 4 atom stereocenters. The van der Waals surface area contributed by atoms with Gasteiger partial charge in [-0.1, -0.05) is 0 Å². The molecule has 0 fully saturated rings.